The highest BCUT2D eigenvalue weighted by Crippen LogP contribution is 2.31. The monoisotopic (exact) mass is 491 g/mol. The number of hydrogen-bond acceptors (Lipinski definition) is 5. The fraction of sp³-hybridized carbons (Fsp3) is 0.500. The second-order valence-corrected chi connectivity index (χ2v) is 8.95. The minimum atomic E-state index is 0.458. The quantitative estimate of drug-likeness (QED) is 0.335. The molecule has 0 spiro atoms. The maximum atomic E-state index is 5.38. The summed E-state index contributed by atoms with van der Waals surface area (Å²) in [6, 6.07) is 2.61. The SMILES string of the molecule is C=C/C=C(\C=C/C)Cn1c(NC2CCCCC2)nc2ncc(-c3c(C)noc3C)cc21.CC.CCC. The van der Waals surface area contributed by atoms with Gasteiger partial charge in [-0.3, -0.25) is 0 Å². The third-order valence-electron chi connectivity index (χ3n) is 5.92. The summed E-state index contributed by atoms with van der Waals surface area (Å²) in [4.78, 5) is 9.57. The van der Waals surface area contributed by atoms with Crippen LogP contribution in [-0.2, 0) is 6.54 Å². The lowest BCUT2D eigenvalue weighted by Crippen LogP contribution is -2.24. The lowest BCUT2D eigenvalue weighted by atomic mass is 9.96. The molecule has 1 N–H and O–H groups in total. The zero-order chi connectivity index (χ0) is 26.5. The summed E-state index contributed by atoms with van der Waals surface area (Å²) in [6.07, 6.45) is 17.4. The van der Waals surface area contributed by atoms with Gasteiger partial charge in [-0.25, -0.2) is 4.98 Å². The Hall–Kier alpha value is -3.15. The number of nitrogens with zero attached hydrogens (tertiary/aromatic N) is 4. The van der Waals surface area contributed by atoms with Gasteiger partial charge < -0.3 is 14.4 Å². The molecule has 0 radical (unpaired) electrons. The van der Waals surface area contributed by atoms with Gasteiger partial charge in [0, 0.05) is 23.4 Å². The average Bonchev–Trinajstić information content (AvgIpc) is 3.40. The third-order valence-corrected chi connectivity index (χ3v) is 5.92. The van der Waals surface area contributed by atoms with Crippen molar-refractivity contribution in [3.8, 4) is 11.1 Å². The Morgan fingerprint density at radius 2 is 1.89 bits per heavy atom. The smallest absolute Gasteiger partial charge is 0.205 e. The normalized spacial score (nSPS) is 14.2. The summed E-state index contributed by atoms with van der Waals surface area (Å²) in [7, 11) is 0. The molecule has 6 heteroatoms. The number of fused-ring (bicyclic) bond motifs is 1. The number of allylic oxidation sites excluding steroid dienone is 5. The average molecular weight is 492 g/mol. The van der Waals surface area contributed by atoms with E-state index >= 15 is 0 Å². The van der Waals surface area contributed by atoms with Crippen molar-refractivity contribution in [2.24, 2.45) is 0 Å². The highest BCUT2D eigenvalue weighted by atomic mass is 16.5. The van der Waals surface area contributed by atoms with Crippen LogP contribution in [0.15, 0.2) is 53.2 Å². The van der Waals surface area contributed by atoms with E-state index in [9.17, 15) is 0 Å². The fourth-order valence-electron chi connectivity index (χ4n) is 4.45. The topological polar surface area (TPSA) is 68.8 Å². The van der Waals surface area contributed by atoms with Crippen LogP contribution < -0.4 is 5.32 Å². The number of pyridine rings is 1. The van der Waals surface area contributed by atoms with Crippen molar-refractivity contribution in [1.29, 1.82) is 0 Å². The largest absolute Gasteiger partial charge is 0.361 e. The Morgan fingerprint density at radius 3 is 2.47 bits per heavy atom. The van der Waals surface area contributed by atoms with Gasteiger partial charge in [-0.2, -0.15) is 4.98 Å². The molecule has 196 valence electrons. The van der Waals surface area contributed by atoms with Gasteiger partial charge in [-0.05, 0) is 45.3 Å². The Balaban J connectivity index is 0.000000850. The Labute approximate surface area is 217 Å². The van der Waals surface area contributed by atoms with Crippen molar-refractivity contribution in [3.63, 3.8) is 0 Å². The zero-order valence-electron chi connectivity index (χ0n) is 23.4. The first kappa shape index (κ1) is 29.1. The number of anilines is 1. The summed E-state index contributed by atoms with van der Waals surface area (Å²) in [5.74, 6) is 1.68. The molecule has 0 atom stereocenters. The lowest BCUT2D eigenvalue weighted by Gasteiger charge is -2.23. The second kappa shape index (κ2) is 15.1. The fourth-order valence-corrected chi connectivity index (χ4v) is 4.45. The van der Waals surface area contributed by atoms with Gasteiger partial charge in [0.25, 0.3) is 0 Å². The summed E-state index contributed by atoms with van der Waals surface area (Å²) in [5.41, 5.74) is 5.76. The van der Waals surface area contributed by atoms with Crippen molar-refractivity contribution >= 4 is 17.1 Å². The molecule has 0 amide bonds. The van der Waals surface area contributed by atoms with Crippen LogP contribution in [0.2, 0.25) is 0 Å². The van der Waals surface area contributed by atoms with Gasteiger partial charge in [0.05, 0.1) is 17.8 Å². The molecule has 6 nitrogen and oxygen atoms in total. The summed E-state index contributed by atoms with van der Waals surface area (Å²) < 4.78 is 7.61. The predicted molar refractivity (Wildman–Crippen MR) is 153 cm³/mol. The Kier molecular flexibility index (Phi) is 12.2. The molecule has 0 aliphatic heterocycles. The lowest BCUT2D eigenvalue weighted by molar-refractivity contribution is 0.393. The van der Waals surface area contributed by atoms with E-state index in [0.29, 0.717) is 12.6 Å². The first-order valence-corrected chi connectivity index (χ1v) is 13.5. The molecule has 0 saturated heterocycles. The summed E-state index contributed by atoms with van der Waals surface area (Å²) in [5, 5.41) is 7.82. The van der Waals surface area contributed by atoms with Gasteiger partial charge in [-0.1, -0.05) is 89.4 Å². The Bertz CT molecular complexity index is 1130. The van der Waals surface area contributed by atoms with E-state index in [0.717, 1.165) is 45.3 Å². The molecular formula is C30H45N5O. The van der Waals surface area contributed by atoms with Crippen molar-refractivity contribution in [2.75, 3.05) is 5.32 Å². The van der Waals surface area contributed by atoms with Gasteiger partial charge in [0.1, 0.15) is 5.76 Å². The number of aryl methyl sites for hydroxylation is 2. The summed E-state index contributed by atoms with van der Waals surface area (Å²) in [6.45, 7) is 18.7. The molecule has 0 aromatic carbocycles. The molecule has 3 aromatic rings. The minimum Gasteiger partial charge on any atom is -0.361 e. The van der Waals surface area contributed by atoms with E-state index < -0.39 is 0 Å². The van der Waals surface area contributed by atoms with Crippen LogP contribution in [0.4, 0.5) is 5.95 Å². The van der Waals surface area contributed by atoms with Crippen molar-refractivity contribution in [3.05, 3.63) is 60.2 Å². The molecule has 4 rings (SSSR count). The molecule has 1 fully saturated rings. The molecule has 0 unspecified atom stereocenters. The van der Waals surface area contributed by atoms with Crippen LogP contribution in [0.25, 0.3) is 22.3 Å². The van der Waals surface area contributed by atoms with E-state index in [4.69, 9.17) is 14.5 Å². The van der Waals surface area contributed by atoms with Gasteiger partial charge in [0.2, 0.25) is 5.95 Å². The predicted octanol–water partition coefficient (Wildman–Crippen LogP) is 8.58. The molecule has 0 bridgehead atoms. The van der Waals surface area contributed by atoms with E-state index in [1.807, 2.05) is 53.0 Å². The van der Waals surface area contributed by atoms with Crippen LogP contribution in [0, 0.1) is 13.8 Å². The van der Waals surface area contributed by atoms with Crippen molar-refractivity contribution in [2.45, 2.75) is 99.6 Å². The molecular weight excluding hydrogens is 446 g/mol. The maximum Gasteiger partial charge on any atom is 0.205 e. The molecule has 1 saturated carbocycles. The minimum absolute atomic E-state index is 0.458. The molecule has 36 heavy (non-hydrogen) atoms. The third kappa shape index (κ3) is 7.42. The Morgan fingerprint density at radius 1 is 1.19 bits per heavy atom. The van der Waals surface area contributed by atoms with Gasteiger partial charge >= 0.3 is 0 Å². The number of imidazole rings is 1. The van der Waals surface area contributed by atoms with Crippen molar-refractivity contribution in [1.82, 2.24) is 19.7 Å². The first-order valence-electron chi connectivity index (χ1n) is 13.5. The molecule has 1 aliphatic carbocycles. The van der Waals surface area contributed by atoms with Crippen LogP contribution in [0.1, 0.15) is 84.6 Å². The number of aromatic nitrogens is 4. The van der Waals surface area contributed by atoms with Crippen LogP contribution >= 0.6 is 0 Å². The van der Waals surface area contributed by atoms with Crippen LogP contribution in [0.3, 0.4) is 0 Å². The zero-order valence-corrected chi connectivity index (χ0v) is 23.4. The van der Waals surface area contributed by atoms with E-state index in [-0.39, 0.29) is 0 Å². The van der Waals surface area contributed by atoms with Crippen molar-refractivity contribution < 1.29 is 4.52 Å². The number of hydrogen-bond donors (Lipinski definition) is 1. The maximum absolute atomic E-state index is 5.38. The number of rotatable bonds is 7. The van der Waals surface area contributed by atoms with Gasteiger partial charge in [-0.15, -0.1) is 0 Å². The standard InChI is InChI=1S/C25H31N5O.C3H8.C2H6/c1-5-10-19(11-6-2)16-30-22-14-20(23-17(3)29-31-18(23)4)15-26-24(22)28-25(30)27-21-12-8-7-9-13-21;1-3-2;1-2/h5-6,10-11,14-15,21H,1,7-9,12-13,16H2,2-4H3,(H,26,27,28);3H2,1-2H3;1-2H3/b11-6-,19-10+;;. The van der Waals surface area contributed by atoms with E-state index in [1.54, 1.807) is 0 Å². The first-order chi connectivity index (χ1) is 17.5. The highest BCUT2D eigenvalue weighted by Gasteiger charge is 2.20. The molecule has 3 aromatic heterocycles. The van der Waals surface area contributed by atoms with Crippen LogP contribution in [-0.4, -0.2) is 25.7 Å². The van der Waals surface area contributed by atoms with Crippen LogP contribution in [0.5, 0.6) is 0 Å². The summed E-state index contributed by atoms with van der Waals surface area (Å²) >= 11 is 0. The number of nitrogens with one attached hydrogen (secondary N) is 1. The van der Waals surface area contributed by atoms with E-state index in [1.165, 1.54) is 38.5 Å². The van der Waals surface area contributed by atoms with E-state index in [2.05, 4.69) is 53.7 Å². The molecule has 3 heterocycles. The molecule has 1 aliphatic rings. The highest BCUT2D eigenvalue weighted by molar-refractivity contribution is 5.82. The second-order valence-electron chi connectivity index (χ2n) is 8.95. The van der Waals surface area contributed by atoms with Gasteiger partial charge in [0.15, 0.2) is 5.65 Å².